The van der Waals surface area contributed by atoms with Crippen LogP contribution in [0.2, 0.25) is 0 Å². The van der Waals surface area contributed by atoms with E-state index in [0.29, 0.717) is 0 Å². The maximum atomic E-state index is 4.58. The molecule has 0 radical (unpaired) electrons. The molecule has 3 aromatic rings. The first kappa shape index (κ1) is 8.38. The van der Waals surface area contributed by atoms with Crippen molar-refractivity contribution in [2.24, 2.45) is 0 Å². The molecule has 2 aromatic heterocycles. The second kappa shape index (κ2) is 3.04. The average molecular weight is 264 g/mol. The van der Waals surface area contributed by atoms with Gasteiger partial charge in [-0.1, -0.05) is 15.9 Å². The molecule has 14 heavy (non-hydrogen) atoms. The van der Waals surface area contributed by atoms with Crippen LogP contribution < -0.4 is 0 Å². The van der Waals surface area contributed by atoms with Crippen LogP contribution in [0, 0.1) is 0 Å². The summed E-state index contributed by atoms with van der Waals surface area (Å²) in [5.41, 5.74) is 1.06. The number of halogens is 1. The average Bonchev–Trinajstić information content (AvgIpc) is 2.61. The Morgan fingerprint density at radius 2 is 2.00 bits per heavy atom. The summed E-state index contributed by atoms with van der Waals surface area (Å²) in [4.78, 5) is 5.69. The second-order valence-corrected chi connectivity index (χ2v) is 4.95. The Labute approximate surface area is 93.5 Å². The minimum absolute atomic E-state index is 1.06. The van der Waals surface area contributed by atoms with Gasteiger partial charge < -0.3 is 0 Å². The van der Waals surface area contributed by atoms with E-state index >= 15 is 0 Å². The number of hydrogen-bond donors (Lipinski definition) is 0. The van der Waals surface area contributed by atoms with E-state index in [1.807, 2.05) is 12.1 Å². The van der Waals surface area contributed by atoms with E-state index in [1.165, 1.54) is 10.8 Å². The molecular weight excluding hydrogens is 258 g/mol. The van der Waals surface area contributed by atoms with E-state index in [2.05, 4.69) is 44.5 Å². The fourth-order valence-electron chi connectivity index (χ4n) is 1.53. The third-order valence-corrected chi connectivity index (χ3v) is 3.51. The largest absolute Gasteiger partial charge is 0.237 e. The number of thiophene rings is 1. The molecule has 0 aliphatic carbocycles. The fraction of sp³-hybridized carbons (Fsp3) is 0. The van der Waals surface area contributed by atoms with Crippen LogP contribution in [0.1, 0.15) is 0 Å². The van der Waals surface area contributed by atoms with Crippen LogP contribution in [0.15, 0.2) is 40.2 Å². The van der Waals surface area contributed by atoms with Gasteiger partial charge in [0.2, 0.25) is 0 Å². The summed E-state index contributed by atoms with van der Waals surface area (Å²) in [6, 6.07) is 10.4. The van der Waals surface area contributed by atoms with E-state index < -0.39 is 0 Å². The van der Waals surface area contributed by atoms with Gasteiger partial charge in [-0.2, -0.15) is 0 Å². The lowest BCUT2D eigenvalue weighted by molar-refractivity contribution is 1.53. The summed E-state index contributed by atoms with van der Waals surface area (Å²) in [5.74, 6) is 0. The van der Waals surface area contributed by atoms with Crippen molar-refractivity contribution in [1.29, 1.82) is 0 Å². The zero-order valence-corrected chi connectivity index (χ0v) is 9.60. The topological polar surface area (TPSA) is 12.9 Å². The maximum absolute atomic E-state index is 4.58. The third kappa shape index (κ3) is 1.24. The Balaban J connectivity index is 2.50. The predicted octanol–water partition coefficient (Wildman–Crippen LogP) is 4.21. The first-order chi connectivity index (χ1) is 6.83. The number of rotatable bonds is 0. The summed E-state index contributed by atoms with van der Waals surface area (Å²) < 4.78 is 1.10. The number of pyridine rings is 1. The van der Waals surface area contributed by atoms with Gasteiger partial charge in [0.1, 0.15) is 4.83 Å². The smallest absolute Gasteiger partial charge is 0.123 e. The van der Waals surface area contributed by atoms with Gasteiger partial charge in [0.25, 0.3) is 0 Å². The van der Waals surface area contributed by atoms with E-state index in [9.17, 15) is 0 Å². The highest BCUT2D eigenvalue weighted by atomic mass is 79.9. The number of fused-ring (bicyclic) bond motifs is 2. The molecule has 0 N–H and O–H groups in total. The molecule has 0 bridgehead atoms. The minimum atomic E-state index is 1.06. The van der Waals surface area contributed by atoms with E-state index in [0.717, 1.165) is 14.8 Å². The Morgan fingerprint density at radius 1 is 1.07 bits per heavy atom. The van der Waals surface area contributed by atoms with E-state index in [1.54, 1.807) is 11.3 Å². The molecule has 0 spiro atoms. The molecule has 3 rings (SSSR count). The Kier molecular flexibility index (Phi) is 1.82. The Hall–Kier alpha value is -0.930. The molecular formula is C11H6BrNS. The zero-order valence-electron chi connectivity index (χ0n) is 7.20. The molecule has 0 aliphatic heterocycles. The lowest BCUT2D eigenvalue weighted by Crippen LogP contribution is -1.77. The van der Waals surface area contributed by atoms with Crippen molar-refractivity contribution in [3.05, 3.63) is 40.2 Å². The van der Waals surface area contributed by atoms with Crippen LogP contribution in [0.5, 0.6) is 0 Å². The predicted molar refractivity (Wildman–Crippen MR) is 64.8 cm³/mol. The van der Waals surface area contributed by atoms with Gasteiger partial charge >= 0.3 is 0 Å². The van der Waals surface area contributed by atoms with Crippen LogP contribution >= 0.6 is 27.3 Å². The molecule has 0 saturated heterocycles. The Morgan fingerprint density at radius 3 is 2.93 bits per heavy atom. The van der Waals surface area contributed by atoms with Crippen LogP contribution in [0.25, 0.3) is 21.1 Å². The molecule has 1 aromatic carbocycles. The quantitative estimate of drug-likeness (QED) is 0.592. The monoisotopic (exact) mass is 263 g/mol. The van der Waals surface area contributed by atoms with Crippen LogP contribution in [0.3, 0.4) is 0 Å². The van der Waals surface area contributed by atoms with Crippen molar-refractivity contribution in [3.63, 3.8) is 0 Å². The highest BCUT2D eigenvalue weighted by Crippen LogP contribution is 2.25. The standard InChI is InChI=1S/C11H6BrNS/c12-9-1-2-10-8(6-9)5-7-3-4-14-11(7)13-10/h1-6H. The third-order valence-electron chi connectivity index (χ3n) is 2.20. The van der Waals surface area contributed by atoms with Crippen molar-refractivity contribution in [1.82, 2.24) is 4.98 Å². The first-order valence-corrected chi connectivity index (χ1v) is 5.94. The number of benzene rings is 1. The molecule has 0 fully saturated rings. The van der Waals surface area contributed by atoms with Crippen molar-refractivity contribution in [3.8, 4) is 0 Å². The van der Waals surface area contributed by atoms with Gasteiger partial charge in [-0.15, -0.1) is 11.3 Å². The summed E-state index contributed by atoms with van der Waals surface area (Å²) in [6.07, 6.45) is 0. The second-order valence-electron chi connectivity index (χ2n) is 3.14. The van der Waals surface area contributed by atoms with E-state index in [4.69, 9.17) is 0 Å². The summed E-state index contributed by atoms with van der Waals surface area (Å²) in [6.45, 7) is 0. The number of nitrogens with zero attached hydrogens (tertiary/aromatic N) is 1. The van der Waals surface area contributed by atoms with Crippen LogP contribution in [-0.2, 0) is 0 Å². The molecule has 68 valence electrons. The van der Waals surface area contributed by atoms with Crippen molar-refractivity contribution >= 4 is 48.4 Å². The van der Waals surface area contributed by atoms with Gasteiger partial charge in [-0.3, -0.25) is 0 Å². The number of hydrogen-bond acceptors (Lipinski definition) is 2. The van der Waals surface area contributed by atoms with Gasteiger partial charge in [0, 0.05) is 15.2 Å². The minimum Gasteiger partial charge on any atom is -0.237 e. The molecule has 0 aliphatic rings. The molecule has 0 atom stereocenters. The van der Waals surface area contributed by atoms with Crippen molar-refractivity contribution in [2.75, 3.05) is 0 Å². The van der Waals surface area contributed by atoms with Crippen LogP contribution in [0.4, 0.5) is 0 Å². The van der Waals surface area contributed by atoms with Crippen molar-refractivity contribution in [2.45, 2.75) is 0 Å². The molecule has 0 amide bonds. The SMILES string of the molecule is Brc1ccc2nc3sccc3cc2c1. The lowest BCUT2D eigenvalue weighted by Gasteiger charge is -1.97. The zero-order chi connectivity index (χ0) is 9.54. The highest BCUT2D eigenvalue weighted by molar-refractivity contribution is 9.10. The van der Waals surface area contributed by atoms with Crippen molar-refractivity contribution < 1.29 is 0 Å². The maximum Gasteiger partial charge on any atom is 0.123 e. The van der Waals surface area contributed by atoms with Gasteiger partial charge in [0.15, 0.2) is 0 Å². The summed E-state index contributed by atoms with van der Waals surface area (Å²) in [5, 5.41) is 4.48. The first-order valence-electron chi connectivity index (χ1n) is 4.26. The summed E-state index contributed by atoms with van der Waals surface area (Å²) in [7, 11) is 0. The van der Waals surface area contributed by atoms with Gasteiger partial charge in [0.05, 0.1) is 5.52 Å². The molecule has 3 heteroatoms. The Bertz CT molecular complexity index is 615. The fourth-order valence-corrected chi connectivity index (χ4v) is 2.67. The lowest BCUT2D eigenvalue weighted by atomic mass is 10.2. The molecule has 0 unspecified atom stereocenters. The van der Waals surface area contributed by atoms with Gasteiger partial charge in [-0.05, 0) is 35.7 Å². The molecule has 1 nitrogen and oxygen atoms in total. The van der Waals surface area contributed by atoms with Gasteiger partial charge in [-0.25, -0.2) is 4.98 Å². The number of aromatic nitrogens is 1. The normalized spacial score (nSPS) is 11.2. The van der Waals surface area contributed by atoms with Crippen LogP contribution in [-0.4, -0.2) is 4.98 Å². The summed E-state index contributed by atoms with van der Waals surface area (Å²) >= 11 is 5.15. The van der Waals surface area contributed by atoms with E-state index in [-0.39, 0.29) is 0 Å². The molecule has 2 heterocycles. The molecule has 0 saturated carbocycles. The highest BCUT2D eigenvalue weighted by Gasteiger charge is 2.00.